The number of carbonyl (C=O) groups excluding carboxylic acids is 1. The highest BCUT2D eigenvalue weighted by Gasteiger charge is 2.36. The van der Waals surface area contributed by atoms with Crippen LogP contribution in [0.4, 0.5) is 18.9 Å². The van der Waals surface area contributed by atoms with E-state index in [1.165, 1.54) is 4.90 Å². The van der Waals surface area contributed by atoms with Gasteiger partial charge in [0.1, 0.15) is 0 Å². The quantitative estimate of drug-likeness (QED) is 0.925. The number of fused-ring (bicyclic) bond motifs is 1. The van der Waals surface area contributed by atoms with Crippen molar-refractivity contribution in [2.75, 3.05) is 4.90 Å². The van der Waals surface area contributed by atoms with E-state index in [0.717, 1.165) is 11.1 Å². The van der Waals surface area contributed by atoms with Gasteiger partial charge >= 0.3 is 6.18 Å². The van der Waals surface area contributed by atoms with E-state index in [1.54, 1.807) is 24.3 Å². The minimum Gasteiger partial charge on any atom is -0.366 e. The number of primary amides is 1. The van der Waals surface area contributed by atoms with Gasteiger partial charge in [0.05, 0.1) is 15.4 Å². The Morgan fingerprint density at radius 1 is 1.18 bits per heavy atom. The van der Waals surface area contributed by atoms with Gasteiger partial charge in [-0.2, -0.15) is 13.2 Å². The summed E-state index contributed by atoms with van der Waals surface area (Å²) in [6.45, 7) is 0.222. The Hall–Kier alpha value is -2.50. The number of amides is 1. The van der Waals surface area contributed by atoms with Gasteiger partial charge in [-0.05, 0) is 29.3 Å². The Morgan fingerprint density at radius 2 is 1.77 bits per heavy atom. The summed E-state index contributed by atoms with van der Waals surface area (Å²) < 4.78 is 64.1. The van der Waals surface area contributed by atoms with Crippen LogP contribution in [0.3, 0.4) is 0 Å². The fourth-order valence-corrected chi connectivity index (χ4v) is 2.45. The lowest BCUT2D eigenvalue weighted by atomic mass is 10.1. The Kier molecular flexibility index (Phi) is 2.55. The SMILES string of the molecule is [2H]c1c([2H])c(C(F)(F)F)c(N2Cc3ccccc3C2)c([2H])c1C(N)=O. The van der Waals surface area contributed by atoms with Crippen LogP contribution in [0.25, 0.3) is 0 Å². The average Bonchev–Trinajstić information content (AvgIpc) is 2.92. The highest BCUT2D eigenvalue weighted by Crippen LogP contribution is 2.39. The molecule has 0 unspecified atom stereocenters. The molecule has 6 heteroatoms. The standard InChI is InChI=1S/C16H13F3N2O/c17-16(18,19)13-6-5-10(15(20)22)7-14(13)21-8-11-3-1-2-4-12(11)9-21/h1-7H,8-9H2,(H2,20,22)/i5D,6D,7D. The molecule has 0 saturated heterocycles. The fraction of sp³-hybridized carbons (Fsp3) is 0.188. The Labute approximate surface area is 129 Å². The fourth-order valence-electron chi connectivity index (χ4n) is 2.45. The first-order valence-corrected chi connectivity index (χ1v) is 6.45. The molecule has 2 N–H and O–H groups in total. The average molecular weight is 309 g/mol. The zero-order valence-corrected chi connectivity index (χ0v) is 11.3. The third-order valence-electron chi connectivity index (χ3n) is 3.48. The van der Waals surface area contributed by atoms with Gasteiger partial charge in [0.15, 0.2) is 0 Å². The molecule has 1 amide bonds. The Bertz CT molecular complexity index is 859. The monoisotopic (exact) mass is 309 g/mol. The van der Waals surface area contributed by atoms with Crippen LogP contribution in [-0.4, -0.2) is 5.91 Å². The van der Waals surface area contributed by atoms with Crippen LogP contribution in [0.15, 0.2) is 42.4 Å². The van der Waals surface area contributed by atoms with E-state index < -0.39 is 47.0 Å². The lowest BCUT2D eigenvalue weighted by Gasteiger charge is -2.23. The second kappa shape index (κ2) is 5.05. The van der Waals surface area contributed by atoms with Gasteiger partial charge < -0.3 is 10.6 Å². The number of hydrogen-bond donors (Lipinski definition) is 1. The number of hydrogen-bond acceptors (Lipinski definition) is 2. The summed E-state index contributed by atoms with van der Waals surface area (Å²) in [5, 5.41) is 0. The molecule has 0 spiro atoms. The van der Waals surface area contributed by atoms with E-state index in [2.05, 4.69) is 0 Å². The van der Waals surface area contributed by atoms with E-state index in [4.69, 9.17) is 9.85 Å². The molecular formula is C16H13F3N2O. The molecule has 22 heavy (non-hydrogen) atoms. The highest BCUT2D eigenvalue weighted by molar-refractivity contribution is 5.94. The number of nitrogens with zero attached hydrogens (tertiary/aromatic N) is 1. The van der Waals surface area contributed by atoms with Crippen LogP contribution in [0.1, 0.15) is 31.2 Å². The van der Waals surface area contributed by atoms with Crippen molar-refractivity contribution in [2.45, 2.75) is 19.3 Å². The first-order valence-electron chi connectivity index (χ1n) is 7.95. The summed E-state index contributed by atoms with van der Waals surface area (Å²) in [5.41, 5.74) is 4.09. The van der Waals surface area contributed by atoms with Crippen LogP contribution < -0.4 is 10.6 Å². The summed E-state index contributed by atoms with van der Waals surface area (Å²) in [7, 11) is 0. The van der Waals surface area contributed by atoms with Crippen LogP contribution in [0.5, 0.6) is 0 Å². The van der Waals surface area contributed by atoms with Crippen LogP contribution in [0, 0.1) is 0 Å². The number of rotatable bonds is 2. The van der Waals surface area contributed by atoms with Gasteiger partial charge in [0.2, 0.25) is 5.91 Å². The lowest BCUT2D eigenvalue weighted by Crippen LogP contribution is -2.21. The van der Waals surface area contributed by atoms with Crippen molar-refractivity contribution in [3.8, 4) is 0 Å². The van der Waals surface area contributed by atoms with Crippen molar-refractivity contribution in [3.63, 3.8) is 0 Å². The van der Waals surface area contributed by atoms with Crippen molar-refractivity contribution >= 4 is 11.6 Å². The van der Waals surface area contributed by atoms with Crippen LogP contribution in [-0.2, 0) is 19.3 Å². The van der Waals surface area contributed by atoms with Crippen LogP contribution in [0.2, 0.25) is 0 Å². The molecule has 0 bridgehead atoms. The summed E-state index contributed by atoms with van der Waals surface area (Å²) in [6, 6.07) is 4.14. The predicted molar refractivity (Wildman–Crippen MR) is 76.3 cm³/mol. The van der Waals surface area contributed by atoms with Gasteiger partial charge in [-0.15, -0.1) is 0 Å². The van der Waals surface area contributed by atoms with Crippen molar-refractivity contribution in [2.24, 2.45) is 5.73 Å². The van der Waals surface area contributed by atoms with Gasteiger partial charge in [-0.1, -0.05) is 24.3 Å². The van der Waals surface area contributed by atoms with E-state index in [0.29, 0.717) is 0 Å². The maximum absolute atomic E-state index is 13.6. The molecular weight excluding hydrogens is 293 g/mol. The maximum atomic E-state index is 13.6. The predicted octanol–water partition coefficient (Wildman–Crippen LogP) is 3.32. The number of benzene rings is 2. The van der Waals surface area contributed by atoms with Crippen molar-refractivity contribution in [1.29, 1.82) is 0 Å². The third kappa shape index (κ3) is 2.52. The van der Waals surface area contributed by atoms with Crippen molar-refractivity contribution in [3.05, 3.63) is 64.6 Å². The molecule has 1 heterocycles. The van der Waals surface area contributed by atoms with Crippen LogP contribution >= 0.6 is 0 Å². The summed E-state index contributed by atoms with van der Waals surface area (Å²) in [6.07, 6.45) is -4.94. The van der Waals surface area contributed by atoms with E-state index in [-0.39, 0.29) is 13.1 Å². The molecule has 0 radical (unpaired) electrons. The molecule has 0 aliphatic carbocycles. The van der Waals surface area contributed by atoms with E-state index >= 15 is 0 Å². The van der Waals surface area contributed by atoms with Crippen molar-refractivity contribution < 1.29 is 22.1 Å². The number of carbonyl (C=O) groups is 1. The second-order valence-corrected chi connectivity index (χ2v) is 4.96. The molecule has 3 rings (SSSR count). The molecule has 0 aromatic heterocycles. The molecule has 1 aliphatic heterocycles. The third-order valence-corrected chi connectivity index (χ3v) is 3.48. The smallest absolute Gasteiger partial charge is 0.366 e. The summed E-state index contributed by atoms with van der Waals surface area (Å²) in [4.78, 5) is 12.8. The Balaban J connectivity index is 2.27. The molecule has 0 fully saturated rings. The largest absolute Gasteiger partial charge is 0.418 e. The minimum absolute atomic E-state index is 0.111. The molecule has 3 nitrogen and oxygen atoms in total. The van der Waals surface area contributed by atoms with E-state index in [9.17, 15) is 18.0 Å². The topological polar surface area (TPSA) is 46.3 Å². The van der Waals surface area contributed by atoms with E-state index in [1.807, 2.05) is 0 Å². The zero-order valence-electron chi connectivity index (χ0n) is 14.3. The first-order chi connectivity index (χ1) is 11.6. The summed E-state index contributed by atoms with van der Waals surface area (Å²) >= 11 is 0. The number of anilines is 1. The van der Waals surface area contributed by atoms with Crippen molar-refractivity contribution in [1.82, 2.24) is 0 Å². The first kappa shape index (κ1) is 11.1. The van der Waals surface area contributed by atoms with Gasteiger partial charge in [0, 0.05) is 18.7 Å². The number of alkyl halides is 3. The van der Waals surface area contributed by atoms with Gasteiger partial charge in [0.25, 0.3) is 0 Å². The number of halogens is 3. The second-order valence-electron chi connectivity index (χ2n) is 4.96. The normalized spacial score (nSPS) is 16.0. The minimum atomic E-state index is -4.94. The maximum Gasteiger partial charge on any atom is 0.418 e. The van der Waals surface area contributed by atoms with Gasteiger partial charge in [-0.3, -0.25) is 4.79 Å². The molecule has 2 aromatic rings. The molecule has 0 saturated carbocycles. The molecule has 2 aromatic carbocycles. The number of nitrogens with two attached hydrogens (primary N) is 1. The molecule has 0 atom stereocenters. The Morgan fingerprint density at radius 3 is 2.27 bits per heavy atom. The van der Waals surface area contributed by atoms with Gasteiger partial charge in [-0.25, -0.2) is 0 Å². The summed E-state index contributed by atoms with van der Waals surface area (Å²) in [5.74, 6) is -1.20. The zero-order chi connectivity index (χ0) is 18.5. The lowest BCUT2D eigenvalue weighted by molar-refractivity contribution is -0.137. The molecule has 114 valence electrons. The highest BCUT2D eigenvalue weighted by atomic mass is 19.4. The molecule has 1 aliphatic rings.